The maximum absolute atomic E-state index is 11.7. The summed E-state index contributed by atoms with van der Waals surface area (Å²) < 4.78 is 0. The van der Waals surface area contributed by atoms with Crippen LogP contribution in [0.1, 0.15) is 15.9 Å². The number of rotatable bonds is 3. The van der Waals surface area contributed by atoms with Crippen LogP contribution in [0.2, 0.25) is 0 Å². The molecule has 19 heavy (non-hydrogen) atoms. The van der Waals surface area contributed by atoms with E-state index in [9.17, 15) is 9.90 Å². The summed E-state index contributed by atoms with van der Waals surface area (Å²) in [6.45, 7) is 0. The Morgan fingerprint density at radius 1 is 1.11 bits per heavy atom. The highest BCUT2D eigenvalue weighted by molar-refractivity contribution is 5.97. The van der Waals surface area contributed by atoms with Crippen molar-refractivity contribution in [2.24, 2.45) is 5.10 Å². The van der Waals surface area contributed by atoms with Crippen molar-refractivity contribution in [1.29, 1.82) is 0 Å². The average molecular weight is 256 g/mol. The van der Waals surface area contributed by atoms with E-state index in [0.29, 0.717) is 0 Å². The van der Waals surface area contributed by atoms with E-state index >= 15 is 0 Å². The zero-order valence-electron chi connectivity index (χ0n) is 9.95. The molecule has 5 heteroatoms. The van der Waals surface area contributed by atoms with Gasteiger partial charge in [0.1, 0.15) is 11.5 Å². The topological polar surface area (TPSA) is 81.9 Å². The molecular formula is C14H12N2O3. The van der Waals surface area contributed by atoms with E-state index in [1.165, 1.54) is 18.3 Å². The average Bonchev–Trinajstić information content (AvgIpc) is 2.39. The number of hydrogen-bond donors (Lipinski definition) is 3. The molecule has 0 aromatic heterocycles. The Hall–Kier alpha value is -2.82. The van der Waals surface area contributed by atoms with E-state index in [1.54, 1.807) is 0 Å². The van der Waals surface area contributed by atoms with Gasteiger partial charge in [0.15, 0.2) is 0 Å². The van der Waals surface area contributed by atoms with Crippen LogP contribution in [0.25, 0.3) is 0 Å². The van der Waals surface area contributed by atoms with Crippen molar-refractivity contribution in [3.8, 4) is 11.5 Å². The van der Waals surface area contributed by atoms with Gasteiger partial charge in [-0.3, -0.25) is 4.79 Å². The number of nitrogens with zero attached hydrogens (tertiary/aromatic N) is 1. The highest BCUT2D eigenvalue weighted by atomic mass is 16.3. The second kappa shape index (κ2) is 5.68. The number of carbonyl (C=O) groups is 1. The number of phenolic OH excluding ortho intramolecular Hbond substituents is 2. The molecule has 1 amide bonds. The second-order valence-electron chi connectivity index (χ2n) is 3.81. The van der Waals surface area contributed by atoms with Crippen LogP contribution in [0, 0.1) is 0 Å². The standard InChI is InChI=1S/C14H12N2O3/c17-11-6-7-12(13(18)8-11)14(19)16-15-9-10-4-2-1-3-5-10/h1-9,17-18H,(H,16,19)/b15-9+. The van der Waals surface area contributed by atoms with Crippen molar-refractivity contribution >= 4 is 12.1 Å². The van der Waals surface area contributed by atoms with Crippen molar-refractivity contribution in [3.05, 3.63) is 59.7 Å². The van der Waals surface area contributed by atoms with Gasteiger partial charge >= 0.3 is 0 Å². The van der Waals surface area contributed by atoms with Gasteiger partial charge in [-0.1, -0.05) is 30.3 Å². The normalized spacial score (nSPS) is 10.5. The van der Waals surface area contributed by atoms with Crippen LogP contribution in [-0.4, -0.2) is 22.3 Å². The molecule has 0 unspecified atom stereocenters. The number of hydrazone groups is 1. The number of aromatic hydroxyl groups is 2. The van der Waals surface area contributed by atoms with Crippen LogP contribution < -0.4 is 5.43 Å². The molecular weight excluding hydrogens is 244 g/mol. The van der Waals surface area contributed by atoms with Crippen molar-refractivity contribution in [1.82, 2.24) is 5.43 Å². The van der Waals surface area contributed by atoms with Crippen LogP contribution in [0.3, 0.4) is 0 Å². The Balaban J connectivity index is 2.04. The predicted molar refractivity (Wildman–Crippen MR) is 71.3 cm³/mol. The Morgan fingerprint density at radius 2 is 1.84 bits per heavy atom. The molecule has 96 valence electrons. The lowest BCUT2D eigenvalue weighted by atomic mass is 10.2. The monoisotopic (exact) mass is 256 g/mol. The minimum absolute atomic E-state index is 0.0445. The molecule has 0 atom stereocenters. The third-order valence-corrected chi connectivity index (χ3v) is 2.41. The van der Waals surface area contributed by atoms with Crippen LogP contribution in [-0.2, 0) is 0 Å². The number of hydrogen-bond acceptors (Lipinski definition) is 4. The third kappa shape index (κ3) is 3.32. The molecule has 0 radical (unpaired) electrons. The molecule has 0 aliphatic heterocycles. The number of benzene rings is 2. The fourth-order valence-corrected chi connectivity index (χ4v) is 1.48. The molecule has 0 fully saturated rings. The Labute approximate surface area is 109 Å². The molecule has 3 N–H and O–H groups in total. The molecule has 0 aliphatic carbocycles. The van der Waals surface area contributed by atoms with Gasteiger partial charge in [-0.15, -0.1) is 0 Å². The summed E-state index contributed by atoms with van der Waals surface area (Å²) in [5, 5.41) is 22.4. The smallest absolute Gasteiger partial charge is 0.275 e. The molecule has 2 aromatic carbocycles. The first-order valence-corrected chi connectivity index (χ1v) is 5.57. The van der Waals surface area contributed by atoms with Gasteiger partial charge < -0.3 is 10.2 Å². The number of phenols is 2. The van der Waals surface area contributed by atoms with Gasteiger partial charge in [0.2, 0.25) is 0 Å². The molecule has 0 heterocycles. The van der Waals surface area contributed by atoms with Gasteiger partial charge in [-0.2, -0.15) is 5.10 Å². The van der Waals surface area contributed by atoms with Crippen molar-refractivity contribution in [3.63, 3.8) is 0 Å². The van der Waals surface area contributed by atoms with Crippen molar-refractivity contribution in [2.45, 2.75) is 0 Å². The SMILES string of the molecule is O=C(N/N=C/c1ccccc1)c1ccc(O)cc1O. The highest BCUT2D eigenvalue weighted by Gasteiger charge is 2.10. The van der Waals surface area contributed by atoms with E-state index in [0.717, 1.165) is 11.6 Å². The summed E-state index contributed by atoms with van der Waals surface area (Å²) in [4.78, 5) is 11.7. The second-order valence-corrected chi connectivity index (χ2v) is 3.81. The third-order valence-electron chi connectivity index (χ3n) is 2.41. The van der Waals surface area contributed by atoms with Gasteiger partial charge in [-0.25, -0.2) is 5.43 Å². The quantitative estimate of drug-likeness (QED) is 0.579. The predicted octanol–water partition coefficient (Wildman–Crippen LogP) is 1.86. The molecule has 5 nitrogen and oxygen atoms in total. The highest BCUT2D eigenvalue weighted by Crippen LogP contribution is 2.22. The first kappa shape index (κ1) is 12.6. The van der Waals surface area contributed by atoms with Crippen molar-refractivity contribution in [2.75, 3.05) is 0 Å². The number of carbonyl (C=O) groups excluding carboxylic acids is 1. The van der Waals surface area contributed by atoms with Crippen LogP contribution in [0.4, 0.5) is 0 Å². The zero-order valence-corrected chi connectivity index (χ0v) is 9.95. The molecule has 2 rings (SSSR count). The fraction of sp³-hybridized carbons (Fsp3) is 0. The molecule has 0 saturated heterocycles. The summed E-state index contributed by atoms with van der Waals surface area (Å²) in [5.74, 6) is -0.959. The molecule has 0 bridgehead atoms. The number of nitrogens with one attached hydrogen (secondary N) is 1. The summed E-state index contributed by atoms with van der Waals surface area (Å²) in [5.41, 5.74) is 3.19. The maximum Gasteiger partial charge on any atom is 0.275 e. The Kier molecular flexibility index (Phi) is 3.78. The Morgan fingerprint density at radius 3 is 2.53 bits per heavy atom. The van der Waals surface area contributed by atoms with Crippen molar-refractivity contribution < 1.29 is 15.0 Å². The Bertz CT molecular complexity index is 609. The summed E-state index contributed by atoms with van der Waals surface area (Å²) in [6.07, 6.45) is 1.50. The largest absolute Gasteiger partial charge is 0.508 e. The molecule has 2 aromatic rings. The van der Waals surface area contributed by atoms with Gasteiger partial charge in [-0.05, 0) is 17.7 Å². The van der Waals surface area contributed by atoms with E-state index in [-0.39, 0.29) is 17.1 Å². The molecule has 0 spiro atoms. The maximum atomic E-state index is 11.7. The zero-order chi connectivity index (χ0) is 13.7. The first-order chi connectivity index (χ1) is 9.16. The van der Waals surface area contributed by atoms with Crippen LogP contribution in [0.5, 0.6) is 11.5 Å². The first-order valence-electron chi connectivity index (χ1n) is 5.57. The van der Waals surface area contributed by atoms with Crippen LogP contribution >= 0.6 is 0 Å². The lowest BCUT2D eigenvalue weighted by Gasteiger charge is -2.03. The van der Waals surface area contributed by atoms with Gasteiger partial charge in [0.25, 0.3) is 5.91 Å². The van der Waals surface area contributed by atoms with E-state index < -0.39 is 5.91 Å². The van der Waals surface area contributed by atoms with Gasteiger partial charge in [0, 0.05) is 6.07 Å². The van der Waals surface area contributed by atoms with Crippen LogP contribution in [0.15, 0.2) is 53.6 Å². The summed E-state index contributed by atoms with van der Waals surface area (Å²) in [6, 6.07) is 13.0. The fourth-order valence-electron chi connectivity index (χ4n) is 1.48. The van der Waals surface area contributed by atoms with Gasteiger partial charge in [0.05, 0.1) is 11.8 Å². The molecule has 0 aliphatic rings. The molecule has 0 saturated carbocycles. The minimum Gasteiger partial charge on any atom is -0.508 e. The summed E-state index contributed by atoms with van der Waals surface area (Å²) >= 11 is 0. The lowest BCUT2D eigenvalue weighted by Crippen LogP contribution is -2.17. The van der Waals surface area contributed by atoms with E-state index in [4.69, 9.17) is 5.11 Å². The summed E-state index contributed by atoms with van der Waals surface area (Å²) in [7, 11) is 0. The lowest BCUT2D eigenvalue weighted by molar-refractivity contribution is 0.0952. The number of amides is 1. The minimum atomic E-state index is -0.551. The van der Waals surface area contributed by atoms with E-state index in [1.807, 2.05) is 30.3 Å². The van der Waals surface area contributed by atoms with E-state index in [2.05, 4.69) is 10.5 Å².